The molecule has 13 heteroatoms. The Bertz CT molecular complexity index is 1400. The van der Waals surface area contributed by atoms with E-state index in [1.165, 1.54) is 72.1 Å². The Morgan fingerprint density at radius 2 is 1.74 bits per heavy atom. The van der Waals surface area contributed by atoms with Gasteiger partial charge in [0.2, 0.25) is 16.7 Å². The van der Waals surface area contributed by atoms with Crippen molar-refractivity contribution < 1.29 is 39.0 Å². The molecule has 2 aromatic rings. The van der Waals surface area contributed by atoms with Gasteiger partial charge in [-0.15, -0.1) is 11.8 Å². The molecular weight excluding hydrogens is 584 g/mol. The Balaban J connectivity index is 2.13. The van der Waals surface area contributed by atoms with E-state index in [9.17, 15) is 34.7 Å². The fraction of sp³-hybridized carbons (Fsp3) is 0.379. The minimum absolute atomic E-state index is 0.00862. The molecule has 0 aromatic heterocycles. The number of carboxylic acids is 1. The summed E-state index contributed by atoms with van der Waals surface area (Å²) in [5.41, 5.74) is -0.638. The number of carbonyl (C=O) groups excluding carboxylic acids is 2. The summed E-state index contributed by atoms with van der Waals surface area (Å²) in [4.78, 5) is 50.4. The van der Waals surface area contributed by atoms with Gasteiger partial charge in [-0.25, -0.2) is 4.79 Å². The van der Waals surface area contributed by atoms with Gasteiger partial charge >= 0.3 is 5.97 Å². The van der Waals surface area contributed by atoms with Crippen LogP contribution in [-0.2, 0) is 20.9 Å². The SMILES string of the molecule is CCS[C@@H]1[C@@H]([C@@H](C)O)C(=O)N1C(C(=S)OCc1ccc([N+](=O)[O-])cc1)=C(Oc1ccc(C(=O)O)cc1)C(=O)C(C)(C)C. The van der Waals surface area contributed by atoms with Crippen molar-refractivity contribution >= 4 is 52.4 Å². The van der Waals surface area contributed by atoms with E-state index in [2.05, 4.69) is 0 Å². The third-order valence-electron chi connectivity index (χ3n) is 6.32. The number of aromatic carboxylic acids is 1. The van der Waals surface area contributed by atoms with E-state index in [1.807, 2.05) is 6.92 Å². The number of likely N-dealkylation sites (tertiary alicyclic amines) is 1. The van der Waals surface area contributed by atoms with Crippen LogP contribution in [0.15, 0.2) is 60.0 Å². The highest BCUT2D eigenvalue weighted by atomic mass is 32.2. The van der Waals surface area contributed by atoms with Gasteiger partial charge in [0.1, 0.15) is 18.1 Å². The Kier molecular flexibility index (Phi) is 10.5. The largest absolute Gasteiger partial charge is 0.478 e. The topological polar surface area (TPSA) is 157 Å². The van der Waals surface area contributed by atoms with Crippen molar-refractivity contribution in [3.63, 3.8) is 0 Å². The molecule has 1 saturated heterocycles. The number of allylic oxidation sites excluding steroid dienone is 1. The number of carboxylic acid groups (broad SMARTS) is 1. The number of hydrogen-bond donors (Lipinski definition) is 2. The number of amides is 1. The van der Waals surface area contributed by atoms with Crippen LogP contribution in [-0.4, -0.2) is 60.0 Å². The molecule has 1 aliphatic rings. The van der Waals surface area contributed by atoms with Crippen LogP contribution in [0.2, 0.25) is 0 Å². The van der Waals surface area contributed by atoms with Crippen LogP contribution in [0.25, 0.3) is 0 Å². The van der Waals surface area contributed by atoms with Crippen LogP contribution in [0.5, 0.6) is 5.75 Å². The van der Waals surface area contributed by atoms with Crippen molar-refractivity contribution in [1.82, 2.24) is 4.90 Å². The number of rotatable bonds is 12. The van der Waals surface area contributed by atoms with Gasteiger partial charge < -0.3 is 19.7 Å². The average molecular weight is 617 g/mol. The molecule has 1 aliphatic heterocycles. The highest BCUT2D eigenvalue weighted by Crippen LogP contribution is 2.42. The second-order valence-electron chi connectivity index (χ2n) is 10.5. The van der Waals surface area contributed by atoms with Gasteiger partial charge in [0.05, 0.1) is 27.9 Å². The Morgan fingerprint density at radius 3 is 2.21 bits per heavy atom. The normalized spacial score (nSPS) is 18.0. The van der Waals surface area contributed by atoms with Crippen molar-refractivity contribution in [2.75, 3.05) is 5.75 Å². The molecule has 2 N–H and O–H groups in total. The number of non-ortho nitro benzene ring substituents is 1. The number of thioether (sulfide) groups is 1. The smallest absolute Gasteiger partial charge is 0.335 e. The zero-order valence-corrected chi connectivity index (χ0v) is 25.4. The predicted octanol–water partition coefficient (Wildman–Crippen LogP) is 4.96. The number of nitro benzene ring substituents is 1. The molecule has 1 fully saturated rings. The lowest BCUT2D eigenvalue weighted by Gasteiger charge is -2.48. The maximum atomic E-state index is 13.8. The number of nitro groups is 1. The van der Waals surface area contributed by atoms with Crippen molar-refractivity contribution in [3.8, 4) is 5.75 Å². The number of Topliss-reactive ketones (excluding diaryl/α,β-unsaturated/α-hetero) is 1. The number of benzene rings is 2. The molecule has 0 aliphatic carbocycles. The first-order chi connectivity index (χ1) is 19.7. The Hall–Kier alpha value is -3.81. The number of ketones is 1. The molecule has 0 spiro atoms. The Labute approximate surface area is 252 Å². The number of carbonyl (C=O) groups is 3. The lowest BCUT2D eigenvalue weighted by molar-refractivity contribution is -0.384. The fourth-order valence-corrected chi connectivity index (χ4v) is 5.58. The number of thiocarbonyl (C=S) groups is 1. The molecule has 11 nitrogen and oxygen atoms in total. The molecule has 2 aromatic carbocycles. The van der Waals surface area contributed by atoms with Crippen molar-refractivity contribution in [1.29, 1.82) is 0 Å². The molecule has 1 amide bonds. The molecule has 0 unspecified atom stereocenters. The van der Waals surface area contributed by atoms with Crippen LogP contribution in [0.1, 0.15) is 50.5 Å². The molecule has 3 atom stereocenters. The quantitative estimate of drug-likeness (QED) is 0.0829. The molecule has 224 valence electrons. The van der Waals surface area contributed by atoms with Gasteiger partial charge in [-0.3, -0.25) is 24.6 Å². The van der Waals surface area contributed by atoms with E-state index in [4.69, 9.17) is 21.7 Å². The number of hydrogen-bond acceptors (Lipinski definition) is 10. The first-order valence-corrected chi connectivity index (χ1v) is 14.5. The monoisotopic (exact) mass is 616 g/mol. The third kappa shape index (κ3) is 7.33. The van der Waals surface area contributed by atoms with Crippen molar-refractivity contribution in [2.45, 2.75) is 52.7 Å². The maximum absolute atomic E-state index is 13.8. The molecular formula is C29H32N2O9S2. The van der Waals surface area contributed by atoms with Gasteiger partial charge in [0.15, 0.2) is 5.76 Å². The van der Waals surface area contributed by atoms with E-state index in [-0.39, 0.29) is 40.1 Å². The Morgan fingerprint density at radius 1 is 1.14 bits per heavy atom. The van der Waals surface area contributed by atoms with Crippen LogP contribution in [0, 0.1) is 21.4 Å². The van der Waals surface area contributed by atoms with Crippen LogP contribution in [0.4, 0.5) is 5.69 Å². The summed E-state index contributed by atoms with van der Waals surface area (Å²) in [6.07, 6.45) is -0.972. The summed E-state index contributed by atoms with van der Waals surface area (Å²) in [5.74, 6) is -2.45. The van der Waals surface area contributed by atoms with Gasteiger partial charge in [-0.05, 0) is 66.9 Å². The lowest BCUT2D eigenvalue weighted by atomic mass is 9.87. The summed E-state index contributed by atoms with van der Waals surface area (Å²) in [7, 11) is 0. The summed E-state index contributed by atoms with van der Waals surface area (Å²) in [5, 5.41) is 29.8. The zero-order chi connectivity index (χ0) is 31.4. The van der Waals surface area contributed by atoms with Gasteiger partial charge in [0, 0.05) is 17.5 Å². The van der Waals surface area contributed by atoms with E-state index in [0.717, 1.165) is 0 Å². The molecule has 1 heterocycles. The number of nitrogens with zero attached hydrogens (tertiary/aromatic N) is 2. The minimum Gasteiger partial charge on any atom is -0.478 e. The van der Waals surface area contributed by atoms with Crippen LogP contribution in [0.3, 0.4) is 0 Å². The molecule has 3 rings (SSSR count). The first-order valence-electron chi connectivity index (χ1n) is 13.0. The van der Waals surface area contributed by atoms with E-state index in [1.54, 1.807) is 20.8 Å². The fourth-order valence-electron chi connectivity index (χ4n) is 4.08. The third-order valence-corrected chi connectivity index (χ3v) is 7.81. The summed E-state index contributed by atoms with van der Waals surface area (Å²) >= 11 is 7.02. The standard InChI is InChI=1S/C29H32N2O9S2/c1-6-42-26-21(16(2)32)25(34)30(26)22(28(41)39-15-17-7-11-19(12-8-17)31(37)38)23(24(33)29(3,4)5)40-20-13-9-18(10-14-20)27(35)36/h7-14,16,21,26,32H,6,15H2,1-5H3,(H,35,36)/t16-,21+,26-/m1/s1. The second-order valence-corrected chi connectivity index (χ2v) is 12.3. The number of aliphatic hydroxyl groups is 1. The minimum atomic E-state index is -1.14. The lowest BCUT2D eigenvalue weighted by Crippen LogP contribution is -2.63. The maximum Gasteiger partial charge on any atom is 0.335 e. The van der Waals surface area contributed by atoms with Crippen molar-refractivity contribution in [2.24, 2.45) is 11.3 Å². The van der Waals surface area contributed by atoms with E-state index in [0.29, 0.717) is 11.3 Å². The molecule has 42 heavy (non-hydrogen) atoms. The van der Waals surface area contributed by atoms with Gasteiger partial charge in [0.25, 0.3) is 5.69 Å². The van der Waals surface area contributed by atoms with E-state index < -0.39 is 45.4 Å². The van der Waals surface area contributed by atoms with Crippen molar-refractivity contribution in [3.05, 3.63) is 81.2 Å². The summed E-state index contributed by atoms with van der Waals surface area (Å²) in [6.45, 7) is 8.27. The van der Waals surface area contributed by atoms with Gasteiger partial charge in [-0.1, -0.05) is 27.7 Å². The highest BCUT2D eigenvalue weighted by molar-refractivity contribution is 8.00. The molecule has 0 saturated carbocycles. The van der Waals surface area contributed by atoms with E-state index >= 15 is 0 Å². The summed E-state index contributed by atoms with van der Waals surface area (Å²) in [6, 6.07) is 11.0. The van der Waals surface area contributed by atoms with Crippen LogP contribution >= 0.6 is 24.0 Å². The average Bonchev–Trinajstić information content (AvgIpc) is 2.92. The van der Waals surface area contributed by atoms with Gasteiger partial charge in [-0.2, -0.15) is 0 Å². The number of ether oxygens (including phenoxy) is 2. The summed E-state index contributed by atoms with van der Waals surface area (Å²) < 4.78 is 11.9. The van der Waals surface area contributed by atoms with Crippen LogP contribution < -0.4 is 4.74 Å². The highest BCUT2D eigenvalue weighted by Gasteiger charge is 2.54. The zero-order valence-electron chi connectivity index (χ0n) is 23.7. The molecule has 0 bridgehead atoms. The first kappa shape index (κ1) is 32.7. The molecule has 0 radical (unpaired) electrons. The predicted molar refractivity (Wildman–Crippen MR) is 160 cm³/mol. The number of β-lactam (4-membered cyclic amide) rings is 1. The second kappa shape index (κ2) is 13.4. The number of aliphatic hydroxyl groups excluding tert-OH is 1.